The predicted octanol–water partition coefficient (Wildman–Crippen LogP) is 2.69. The van der Waals surface area contributed by atoms with Crippen LogP contribution in [-0.2, 0) is 11.2 Å². The van der Waals surface area contributed by atoms with Crippen molar-refractivity contribution in [2.24, 2.45) is 0 Å². The Bertz CT molecular complexity index is 722. The monoisotopic (exact) mass is 312 g/mol. The zero-order valence-corrected chi connectivity index (χ0v) is 13.3. The van der Waals surface area contributed by atoms with E-state index in [0.717, 1.165) is 18.5 Å². The Hall–Kier alpha value is -2.56. The second-order valence-corrected chi connectivity index (χ2v) is 5.90. The van der Waals surface area contributed by atoms with Gasteiger partial charge in [0.25, 0.3) is 5.91 Å². The van der Waals surface area contributed by atoms with E-state index in [-0.39, 0.29) is 17.6 Å². The van der Waals surface area contributed by atoms with Crippen molar-refractivity contribution >= 4 is 17.5 Å². The van der Waals surface area contributed by atoms with Gasteiger partial charge in [0.1, 0.15) is 6.04 Å². The second kappa shape index (κ2) is 6.28. The van der Waals surface area contributed by atoms with Gasteiger partial charge < -0.3 is 14.6 Å². The third-order valence-electron chi connectivity index (χ3n) is 4.08. The van der Waals surface area contributed by atoms with Crippen molar-refractivity contribution < 1.29 is 14.0 Å². The van der Waals surface area contributed by atoms with Crippen molar-refractivity contribution in [3.8, 4) is 0 Å². The number of furan rings is 1. The Kier molecular flexibility index (Phi) is 4.19. The van der Waals surface area contributed by atoms with Gasteiger partial charge in [-0.1, -0.05) is 17.7 Å². The molecule has 0 radical (unpaired) electrons. The largest absolute Gasteiger partial charge is 0.459 e. The number of rotatable bonds is 3. The lowest BCUT2D eigenvalue weighted by atomic mass is 9.99. The number of benzene rings is 1. The van der Waals surface area contributed by atoms with Crippen LogP contribution in [0.4, 0.5) is 5.69 Å². The molecule has 120 valence electrons. The standard InChI is InChI=1S/C18H20N2O3/c1-12-7-8-15-14(11-12)5-3-9-20(15)18(22)13(2)19-17(21)16-6-4-10-23-16/h4,6-8,10-11,13H,3,5,9H2,1-2H3,(H,19,21). The number of hydrogen-bond donors (Lipinski definition) is 1. The van der Waals surface area contributed by atoms with Crippen LogP contribution in [0.1, 0.15) is 35.0 Å². The molecule has 2 amide bonds. The van der Waals surface area contributed by atoms with Crippen molar-refractivity contribution in [2.45, 2.75) is 32.7 Å². The summed E-state index contributed by atoms with van der Waals surface area (Å²) in [6, 6.07) is 8.73. The Morgan fingerprint density at radius 3 is 2.87 bits per heavy atom. The van der Waals surface area contributed by atoms with E-state index >= 15 is 0 Å². The zero-order chi connectivity index (χ0) is 16.4. The number of aryl methyl sites for hydroxylation is 2. The fourth-order valence-corrected chi connectivity index (χ4v) is 2.93. The summed E-state index contributed by atoms with van der Waals surface area (Å²) in [5.74, 6) is -0.272. The van der Waals surface area contributed by atoms with Gasteiger partial charge in [-0.25, -0.2) is 0 Å². The molecule has 1 aromatic heterocycles. The molecular formula is C18H20N2O3. The average molecular weight is 312 g/mol. The van der Waals surface area contributed by atoms with E-state index in [9.17, 15) is 9.59 Å². The number of nitrogens with zero attached hydrogens (tertiary/aromatic N) is 1. The third-order valence-corrected chi connectivity index (χ3v) is 4.08. The van der Waals surface area contributed by atoms with Crippen LogP contribution >= 0.6 is 0 Å². The first kappa shape index (κ1) is 15.3. The molecule has 0 bridgehead atoms. The van der Waals surface area contributed by atoms with Crippen LogP contribution in [0.25, 0.3) is 0 Å². The fraction of sp³-hybridized carbons (Fsp3) is 0.333. The predicted molar refractivity (Wildman–Crippen MR) is 87.5 cm³/mol. The smallest absolute Gasteiger partial charge is 0.287 e. The first-order chi connectivity index (χ1) is 11.1. The molecule has 0 fully saturated rings. The van der Waals surface area contributed by atoms with Crippen LogP contribution in [0, 0.1) is 6.92 Å². The van der Waals surface area contributed by atoms with Gasteiger partial charge >= 0.3 is 0 Å². The highest BCUT2D eigenvalue weighted by Gasteiger charge is 2.27. The minimum absolute atomic E-state index is 0.102. The lowest BCUT2D eigenvalue weighted by molar-refractivity contribution is -0.120. The van der Waals surface area contributed by atoms with Crippen molar-refractivity contribution in [3.05, 3.63) is 53.5 Å². The fourth-order valence-electron chi connectivity index (χ4n) is 2.93. The molecule has 5 nitrogen and oxygen atoms in total. The first-order valence-corrected chi connectivity index (χ1v) is 7.81. The molecule has 1 atom stereocenters. The molecular weight excluding hydrogens is 292 g/mol. The Balaban J connectivity index is 1.75. The van der Waals surface area contributed by atoms with E-state index in [0.29, 0.717) is 6.54 Å². The van der Waals surface area contributed by atoms with E-state index in [1.165, 1.54) is 17.4 Å². The maximum atomic E-state index is 12.7. The lowest BCUT2D eigenvalue weighted by Crippen LogP contribution is -2.48. The minimum Gasteiger partial charge on any atom is -0.459 e. The maximum absolute atomic E-state index is 12.7. The molecule has 0 spiro atoms. The Morgan fingerprint density at radius 2 is 2.13 bits per heavy atom. The summed E-state index contributed by atoms with van der Waals surface area (Å²) in [5.41, 5.74) is 3.33. The summed E-state index contributed by atoms with van der Waals surface area (Å²) < 4.78 is 5.05. The molecule has 0 aliphatic carbocycles. The van der Waals surface area contributed by atoms with Crippen LogP contribution < -0.4 is 10.2 Å². The Labute approximate surface area is 135 Å². The van der Waals surface area contributed by atoms with Crippen LogP contribution in [-0.4, -0.2) is 24.4 Å². The number of hydrogen-bond acceptors (Lipinski definition) is 3. The van der Waals surface area contributed by atoms with Crippen molar-refractivity contribution in [3.63, 3.8) is 0 Å². The molecule has 0 saturated heterocycles. The van der Waals surface area contributed by atoms with Gasteiger partial charge in [0.15, 0.2) is 5.76 Å². The summed E-state index contributed by atoms with van der Waals surface area (Å²) in [5, 5.41) is 2.70. The number of fused-ring (bicyclic) bond motifs is 1. The SMILES string of the molecule is Cc1ccc2c(c1)CCCN2C(=O)C(C)NC(=O)c1ccco1. The normalized spacial score (nSPS) is 15.0. The lowest BCUT2D eigenvalue weighted by Gasteiger charge is -2.31. The van der Waals surface area contributed by atoms with E-state index in [2.05, 4.69) is 11.4 Å². The van der Waals surface area contributed by atoms with Crippen LogP contribution in [0.2, 0.25) is 0 Å². The van der Waals surface area contributed by atoms with E-state index in [1.54, 1.807) is 24.0 Å². The van der Waals surface area contributed by atoms with Gasteiger partial charge in [-0.05, 0) is 50.5 Å². The minimum atomic E-state index is -0.611. The van der Waals surface area contributed by atoms with Gasteiger partial charge in [-0.15, -0.1) is 0 Å². The highest BCUT2D eigenvalue weighted by atomic mass is 16.3. The second-order valence-electron chi connectivity index (χ2n) is 5.90. The molecule has 5 heteroatoms. The molecule has 1 aliphatic heterocycles. The number of anilines is 1. The topological polar surface area (TPSA) is 62.6 Å². The number of carbonyl (C=O) groups excluding carboxylic acids is 2. The summed E-state index contributed by atoms with van der Waals surface area (Å²) in [4.78, 5) is 26.5. The molecule has 2 aromatic rings. The summed E-state index contributed by atoms with van der Waals surface area (Å²) in [6.45, 7) is 4.43. The van der Waals surface area contributed by atoms with Crippen molar-refractivity contribution in [1.29, 1.82) is 0 Å². The summed E-state index contributed by atoms with van der Waals surface area (Å²) >= 11 is 0. The van der Waals surface area contributed by atoms with E-state index in [4.69, 9.17) is 4.42 Å². The number of amides is 2. The zero-order valence-electron chi connectivity index (χ0n) is 13.3. The quantitative estimate of drug-likeness (QED) is 0.948. The van der Waals surface area contributed by atoms with Crippen LogP contribution in [0.5, 0.6) is 0 Å². The average Bonchev–Trinajstić information content (AvgIpc) is 3.07. The molecule has 1 N–H and O–H groups in total. The van der Waals surface area contributed by atoms with Gasteiger partial charge in [0.2, 0.25) is 5.91 Å². The van der Waals surface area contributed by atoms with Gasteiger partial charge in [0, 0.05) is 12.2 Å². The van der Waals surface area contributed by atoms with E-state index < -0.39 is 6.04 Å². The molecule has 23 heavy (non-hydrogen) atoms. The summed E-state index contributed by atoms with van der Waals surface area (Å²) in [6.07, 6.45) is 3.35. The molecule has 3 rings (SSSR count). The van der Waals surface area contributed by atoms with Crippen molar-refractivity contribution in [1.82, 2.24) is 5.32 Å². The number of carbonyl (C=O) groups is 2. The Morgan fingerprint density at radius 1 is 1.30 bits per heavy atom. The number of nitrogens with one attached hydrogen (secondary N) is 1. The molecule has 1 aromatic carbocycles. The highest BCUT2D eigenvalue weighted by Crippen LogP contribution is 2.28. The first-order valence-electron chi connectivity index (χ1n) is 7.81. The van der Waals surface area contributed by atoms with Crippen LogP contribution in [0.3, 0.4) is 0 Å². The van der Waals surface area contributed by atoms with Crippen molar-refractivity contribution in [2.75, 3.05) is 11.4 Å². The molecule has 0 saturated carbocycles. The molecule has 1 aliphatic rings. The van der Waals surface area contributed by atoms with Gasteiger partial charge in [-0.3, -0.25) is 9.59 Å². The molecule has 2 heterocycles. The summed E-state index contributed by atoms with van der Waals surface area (Å²) in [7, 11) is 0. The van der Waals surface area contributed by atoms with Gasteiger partial charge in [-0.2, -0.15) is 0 Å². The highest BCUT2D eigenvalue weighted by molar-refractivity contribution is 6.01. The van der Waals surface area contributed by atoms with Crippen LogP contribution in [0.15, 0.2) is 41.0 Å². The molecule has 1 unspecified atom stereocenters. The third kappa shape index (κ3) is 3.13. The maximum Gasteiger partial charge on any atom is 0.287 e. The van der Waals surface area contributed by atoms with Gasteiger partial charge in [0.05, 0.1) is 6.26 Å². The van der Waals surface area contributed by atoms with E-state index in [1.807, 2.05) is 19.1 Å².